The smallest absolute Gasteiger partial charge is 0.331 e. The predicted octanol–water partition coefficient (Wildman–Crippen LogP) is 3.33. The van der Waals surface area contributed by atoms with Crippen LogP contribution in [0.4, 0.5) is 17.6 Å². The molecule has 0 radical (unpaired) electrons. The van der Waals surface area contributed by atoms with Crippen molar-refractivity contribution in [3.05, 3.63) is 35.8 Å². The molecular formula is C9H5F4N. The second kappa shape index (κ2) is 2.73. The molecule has 1 nitrogen and oxygen atoms in total. The standard InChI is InChI=1S/C9H5F4N/c10-8-3-5-1-2-6(9(11,12)13)4-7(5)14-8/h1-4,14H. The second-order valence-corrected chi connectivity index (χ2v) is 2.92. The molecule has 0 aliphatic heterocycles. The Balaban J connectivity index is 2.62. The van der Waals surface area contributed by atoms with Crippen molar-refractivity contribution in [3.63, 3.8) is 0 Å². The van der Waals surface area contributed by atoms with Crippen LogP contribution in [-0.4, -0.2) is 4.98 Å². The van der Waals surface area contributed by atoms with E-state index in [1.54, 1.807) is 0 Å². The summed E-state index contributed by atoms with van der Waals surface area (Å²) in [5.41, 5.74) is -0.635. The first kappa shape index (κ1) is 9.05. The molecule has 0 unspecified atom stereocenters. The van der Waals surface area contributed by atoms with Gasteiger partial charge in [0.25, 0.3) is 0 Å². The summed E-state index contributed by atoms with van der Waals surface area (Å²) in [6.45, 7) is 0. The first-order valence-corrected chi connectivity index (χ1v) is 3.82. The summed E-state index contributed by atoms with van der Waals surface area (Å²) in [5, 5.41) is 0.426. The lowest BCUT2D eigenvalue weighted by molar-refractivity contribution is -0.137. The van der Waals surface area contributed by atoms with Crippen LogP contribution < -0.4 is 0 Å². The summed E-state index contributed by atoms with van der Waals surface area (Å²) in [7, 11) is 0. The van der Waals surface area contributed by atoms with Crippen LogP contribution in [0.3, 0.4) is 0 Å². The fourth-order valence-corrected chi connectivity index (χ4v) is 1.27. The molecule has 1 heterocycles. The molecule has 1 aromatic carbocycles. The normalized spacial score (nSPS) is 12.3. The maximum atomic E-state index is 12.6. The molecule has 14 heavy (non-hydrogen) atoms. The molecule has 0 amide bonds. The van der Waals surface area contributed by atoms with Crippen LogP contribution in [0.25, 0.3) is 10.9 Å². The Morgan fingerprint density at radius 3 is 2.43 bits per heavy atom. The summed E-state index contributed by atoms with van der Waals surface area (Å²) < 4.78 is 49.3. The Labute approximate surface area is 76.3 Å². The Bertz CT molecular complexity index is 469. The Hall–Kier alpha value is -1.52. The number of alkyl halides is 3. The number of nitrogens with one attached hydrogen (secondary N) is 1. The number of hydrogen-bond acceptors (Lipinski definition) is 0. The third-order valence-corrected chi connectivity index (χ3v) is 1.92. The quantitative estimate of drug-likeness (QED) is 0.632. The first-order chi connectivity index (χ1) is 6.47. The van der Waals surface area contributed by atoms with E-state index in [9.17, 15) is 17.6 Å². The van der Waals surface area contributed by atoms with Gasteiger partial charge in [-0.2, -0.15) is 17.6 Å². The maximum Gasteiger partial charge on any atom is 0.416 e. The highest BCUT2D eigenvalue weighted by molar-refractivity contribution is 5.80. The number of benzene rings is 1. The Kier molecular flexibility index (Phi) is 1.77. The van der Waals surface area contributed by atoms with Gasteiger partial charge in [-0.15, -0.1) is 0 Å². The van der Waals surface area contributed by atoms with Crippen LogP contribution in [0.1, 0.15) is 5.56 Å². The molecule has 74 valence electrons. The monoisotopic (exact) mass is 203 g/mol. The SMILES string of the molecule is Fc1cc2ccc(C(F)(F)F)cc2[nH]1. The minimum Gasteiger partial charge on any atom is -0.331 e. The molecule has 5 heteroatoms. The predicted molar refractivity (Wildman–Crippen MR) is 43.3 cm³/mol. The first-order valence-electron chi connectivity index (χ1n) is 3.82. The van der Waals surface area contributed by atoms with E-state index in [4.69, 9.17) is 0 Å². The van der Waals surface area contributed by atoms with E-state index in [1.165, 1.54) is 6.07 Å². The zero-order valence-electron chi connectivity index (χ0n) is 6.82. The lowest BCUT2D eigenvalue weighted by atomic mass is 10.1. The van der Waals surface area contributed by atoms with E-state index >= 15 is 0 Å². The highest BCUT2D eigenvalue weighted by Gasteiger charge is 2.30. The van der Waals surface area contributed by atoms with Crippen molar-refractivity contribution in [2.24, 2.45) is 0 Å². The zero-order valence-corrected chi connectivity index (χ0v) is 6.82. The molecule has 0 atom stereocenters. The van der Waals surface area contributed by atoms with Crippen molar-refractivity contribution in [1.82, 2.24) is 4.98 Å². The van der Waals surface area contributed by atoms with Gasteiger partial charge in [-0.3, -0.25) is 0 Å². The third-order valence-electron chi connectivity index (χ3n) is 1.92. The van der Waals surface area contributed by atoms with Crippen LogP contribution in [0.15, 0.2) is 24.3 Å². The fraction of sp³-hybridized carbons (Fsp3) is 0.111. The molecule has 2 aromatic rings. The molecule has 1 aromatic heterocycles. The minimum absolute atomic E-state index is 0.150. The van der Waals surface area contributed by atoms with Gasteiger partial charge >= 0.3 is 6.18 Å². The van der Waals surface area contributed by atoms with Crippen molar-refractivity contribution in [1.29, 1.82) is 0 Å². The number of hydrogen-bond donors (Lipinski definition) is 1. The van der Waals surface area contributed by atoms with Gasteiger partial charge in [0, 0.05) is 17.0 Å². The third kappa shape index (κ3) is 1.45. The molecule has 0 fully saturated rings. The average Bonchev–Trinajstić information content (AvgIpc) is 2.41. The highest BCUT2D eigenvalue weighted by atomic mass is 19.4. The minimum atomic E-state index is -4.39. The summed E-state index contributed by atoms with van der Waals surface area (Å²) in [6.07, 6.45) is -4.39. The number of fused-ring (bicyclic) bond motifs is 1. The fourth-order valence-electron chi connectivity index (χ4n) is 1.27. The maximum absolute atomic E-state index is 12.6. The molecule has 0 aliphatic rings. The van der Waals surface area contributed by atoms with Gasteiger partial charge in [-0.05, 0) is 12.1 Å². The molecule has 0 spiro atoms. The molecule has 0 saturated heterocycles. The lowest BCUT2D eigenvalue weighted by Crippen LogP contribution is -2.03. The molecule has 2 rings (SSSR count). The lowest BCUT2D eigenvalue weighted by Gasteiger charge is -2.05. The van der Waals surface area contributed by atoms with E-state index in [1.807, 2.05) is 0 Å². The summed E-state index contributed by atoms with van der Waals surface area (Å²) >= 11 is 0. The van der Waals surface area contributed by atoms with Crippen LogP contribution in [0, 0.1) is 5.95 Å². The molecule has 0 bridgehead atoms. The van der Waals surface area contributed by atoms with Crippen LogP contribution in [-0.2, 0) is 6.18 Å². The van der Waals surface area contributed by atoms with Gasteiger partial charge < -0.3 is 4.98 Å². The van der Waals surface area contributed by atoms with Crippen molar-refractivity contribution < 1.29 is 17.6 Å². The number of aromatic nitrogens is 1. The summed E-state index contributed by atoms with van der Waals surface area (Å²) in [6, 6.07) is 4.20. The summed E-state index contributed by atoms with van der Waals surface area (Å²) in [4.78, 5) is 2.20. The van der Waals surface area contributed by atoms with E-state index < -0.39 is 17.7 Å². The van der Waals surface area contributed by atoms with E-state index in [0.29, 0.717) is 5.39 Å². The zero-order chi connectivity index (χ0) is 10.3. The number of aromatic amines is 1. The average molecular weight is 203 g/mol. The highest BCUT2D eigenvalue weighted by Crippen LogP contribution is 2.31. The summed E-state index contributed by atoms with van der Waals surface area (Å²) in [5.74, 6) is -0.640. The van der Waals surface area contributed by atoms with Crippen LogP contribution >= 0.6 is 0 Å². The van der Waals surface area contributed by atoms with Gasteiger partial charge in [-0.1, -0.05) is 6.07 Å². The molecule has 1 N–H and O–H groups in total. The molecular weight excluding hydrogens is 198 g/mol. The molecule has 0 aliphatic carbocycles. The van der Waals surface area contributed by atoms with Crippen LogP contribution in [0.5, 0.6) is 0 Å². The second-order valence-electron chi connectivity index (χ2n) is 2.92. The van der Waals surface area contributed by atoms with E-state index in [0.717, 1.165) is 18.2 Å². The van der Waals surface area contributed by atoms with Crippen molar-refractivity contribution in [2.45, 2.75) is 6.18 Å². The number of halogens is 4. The van der Waals surface area contributed by atoms with Gasteiger partial charge in [0.1, 0.15) is 0 Å². The Morgan fingerprint density at radius 2 is 1.79 bits per heavy atom. The number of H-pyrrole nitrogens is 1. The van der Waals surface area contributed by atoms with Gasteiger partial charge in [0.2, 0.25) is 0 Å². The van der Waals surface area contributed by atoms with E-state index in [2.05, 4.69) is 4.98 Å². The largest absolute Gasteiger partial charge is 0.416 e. The van der Waals surface area contributed by atoms with Gasteiger partial charge in [0.15, 0.2) is 5.95 Å². The van der Waals surface area contributed by atoms with Gasteiger partial charge in [-0.25, -0.2) is 0 Å². The van der Waals surface area contributed by atoms with Crippen LogP contribution in [0.2, 0.25) is 0 Å². The number of rotatable bonds is 0. The van der Waals surface area contributed by atoms with Gasteiger partial charge in [0.05, 0.1) is 5.56 Å². The van der Waals surface area contributed by atoms with Crippen molar-refractivity contribution in [2.75, 3.05) is 0 Å². The molecule has 0 saturated carbocycles. The topological polar surface area (TPSA) is 15.8 Å². The van der Waals surface area contributed by atoms with E-state index in [-0.39, 0.29) is 5.52 Å². The Morgan fingerprint density at radius 1 is 1.07 bits per heavy atom. The van der Waals surface area contributed by atoms with Crippen molar-refractivity contribution >= 4 is 10.9 Å². The van der Waals surface area contributed by atoms with Crippen molar-refractivity contribution in [3.8, 4) is 0 Å².